The van der Waals surface area contributed by atoms with E-state index in [2.05, 4.69) is 4.98 Å². The molecule has 0 bridgehead atoms. The molecule has 0 amide bonds. The van der Waals surface area contributed by atoms with Crippen LogP contribution in [0.3, 0.4) is 0 Å². The maximum atomic E-state index is 11.7. The molecule has 0 unspecified atom stereocenters. The van der Waals surface area contributed by atoms with Gasteiger partial charge in [0.15, 0.2) is 0 Å². The van der Waals surface area contributed by atoms with Gasteiger partial charge in [0.1, 0.15) is 5.69 Å². The van der Waals surface area contributed by atoms with Gasteiger partial charge in [-0.05, 0) is 13.0 Å². The molecule has 0 atom stereocenters. The molecule has 0 spiro atoms. The van der Waals surface area contributed by atoms with Crippen molar-refractivity contribution in [1.29, 1.82) is 0 Å². The first kappa shape index (κ1) is 12.5. The second-order valence-corrected chi connectivity index (χ2v) is 4.76. The van der Waals surface area contributed by atoms with Gasteiger partial charge in [0.2, 0.25) is 0 Å². The van der Waals surface area contributed by atoms with Crippen LogP contribution in [0.4, 0.5) is 0 Å². The molecule has 2 aromatic rings. The number of hydrogen-bond acceptors (Lipinski definition) is 4. The molecule has 2 aromatic heterocycles. The highest BCUT2D eigenvalue weighted by Crippen LogP contribution is 2.13. The zero-order chi connectivity index (χ0) is 13.1. The first-order valence-corrected chi connectivity index (χ1v) is 6.29. The van der Waals surface area contributed by atoms with Gasteiger partial charge in [0.05, 0.1) is 11.2 Å². The number of carboxylic acid groups (broad SMARTS) is 1. The van der Waals surface area contributed by atoms with Crippen LogP contribution in [0.25, 0.3) is 0 Å². The molecule has 0 radical (unpaired) electrons. The lowest BCUT2D eigenvalue weighted by molar-refractivity contribution is 0.0683. The summed E-state index contributed by atoms with van der Waals surface area (Å²) in [7, 11) is 0. The Morgan fingerprint density at radius 2 is 2.28 bits per heavy atom. The largest absolute Gasteiger partial charge is 0.477 e. The van der Waals surface area contributed by atoms with E-state index in [1.165, 1.54) is 34.1 Å². The molecule has 1 N–H and O–H groups in total. The minimum absolute atomic E-state index is 0.0182. The summed E-state index contributed by atoms with van der Waals surface area (Å²) in [6, 6.07) is 4.26. The van der Waals surface area contributed by atoms with E-state index in [9.17, 15) is 9.59 Å². The van der Waals surface area contributed by atoms with Crippen LogP contribution in [0, 0.1) is 6.92 Å². The van der Waals surface area contributed by atoms with Crippen molar-refractivity contribution in [3.63, 3.8) is 0 Å². The highest BCUT2D eigenvalue weighted by Gasteiger charge is 2.11. The van der Waals surface area contributed by atoms with Gasteiger partial charge >= 0.3 is 5.97 Å². The normalized spacial score (nSPS) is 10.5. The second-order valence-electron chi connectivity index (χ2n) is 3.82. The van der Waals surface area contributed by atoms with Gasteiger partial charge in [0.25, 0.3) is 5.56 Å². The van der Waals surface area contributed by atoms with Crippen LogP contribution < -0.4 is 5.56 Å². The van der Waals surface area contributed by atoms with Crippen LogP contribution in [-0.2, 0) is 13.0 Å². The molecule has 2 rings (SSSR count). The van der Waals surface area contributed by atoms with E-state index in [4.69, 9.17) is 5.11 Å². The van der Waals surface area contributed by atoms with E-state index in [0.29, 0.717) is 13.0 Å². The minimum Gasteiger partial charge on any atom is -0.477 e. The Kier molecular flexibility index (Phi) is 3.57. The monoisotopic (exact) mass is 264 g/mol. The summed E-state index contributed by atoms with van der Waals surface area (Å²) in [4.78, 5) is 27.9. The third kappa shape index (κ3) is 2.48. The number of thiazole rings is 1. The number of rotatable bonds is 4. The lowest BCUT2D eigenvalue weighted by atomic mass is 10.2. The van der Waals surface area contributed by atoms with E-state index in [0.717, 1.165) is 10.6 Å². The SMILES string of the molecule is Cc1ncsc1CCn1c(C(=O)O)cccc1=O. The van der Waals surface area contributed by atoms with E-state index in [1.54, 1.807) is 5.51 Å². The van der Waals surface area contributed by atoms with Crippen LogP contribution in [0.5, 0.6) is 0 Å². The van der Waals surface area contributed by atoms with Gasteiger partial charge in [-0.15, -0.1) is 11.3 Å². The lowest BCUT2D eigenvalue weighted by Gasteiger charge is -2.08. The Bertz CT molecular complexity index is 630. The zero-order valence-corrected chi connectivity index (χ0v) is 10.6. The van der Waals surface area contributed by atoms with Crippen molar-refractivity contribution in [3.05, 3.63) is 50.3 Å². The molecule has 6 heteroatoms. The molecule has 0 saturated carbocycles. The zero-order valence-electron chi connectivity index (χ0n) is 9.79. The van der Waals surface area contributed by atoms with E-state index in [1.807, 2.05) is 6.92 Å². The van der Waals surface area contributed by atoms with Gasteiger partial charge < -0.3 is 9.67 Å². The fourth-order valence-electron chi connectivity index (χ4n) is 1.72. The van der Waals surface area contributed by atoms with Crippen molar-refractivity contribution in [2.75, 3.05) is 0 Å². The summed E-state index contributed by atoms with van der Waals surface area (Å²) in [5.41, 5.74) is 2.40. The van der Waals surface area contributed by atoms with Crippen molar-refractivity contribution in [2.24, 2.45) is 0 Å². The molecule has 0 aromatic carbocycles. The van der Waals surface area contributed by atoms with Gasteiger partial charge in [-0.1, -0.05) is 6.07 Å². The number of pyridine rings is 1. The highest BCUT2D eigenvalue weighted by molar-refractivity contribution is 7.09. The average Bonchev–Trinajstić information content (AvgIpc) is 2.73. The Hall–Kier alpha value is -1.95. The summed E-state index contributed by atoms with van der Waals surface area (Å²) < 4.78 is 1.28. The predicted octanol–water partition coefficient (Wildman–Crippen LogP) is 1.55. The molecule has 18 heavy (non-hydrogen) atoms. The van der Waals surface area contributed by atoms with Gasteiger partial charge in [-0.25, -0.2) is 9.78 Å². The summed E-state index contributed by atoms with van der Waals surface area (Å²) >= 11 is 1.51. The molecular formula is C12H12N2O3S. The Morgan fingerprint density at radius 1 is 1.50 bits per heavy atom. The van der Waals surface area contributed by atoms with E-state index >= 15 is 0 Å². The smallest absolute Gasteiger partial charge is 0.352 e. The number of aryl methyl sites for hydroxylation is 2. The molecule has 94 valence electrons. The Balaban J connectivity index is 2.27. The number of nitrogens with zero attached hydrogens (tertiary/aromatic N) is 2. The number of aromatic nitrogens is 2. The van der Waals surface area contributed by atoms with Crippen LogP contribution in [0.2, 0.25) is 0 Å². The minimum atomic E-state index is -1.09. The molecule has 0 fully saturated rings. The average molecular weight is 264 g/mol. The van der Waals surface area contributed by atoms with Crippen molar-refractivity contribution in [2.45, 2.75) is 19.9 Å². The predicted molar refractivity (Wildman–Crippen MR) is 68.2 cm³/mol. The molecule has 0 aliphatic rings. The Labute approximate surface area is 107 Å². The van der Waals surface area contributed by atoms with Gasteiger partial charge in [-0.3, -0.25) is 4.79 Å². The van der Waals surface area contributed by atoms with Crippen molar-refractivity contribution in [3.8, 4) is 0 Å². The maximum Gasteiger partial charge on any atom is 0.352 e. The highest BCUT2D eigenvalue weighted by atomic mass is 32.1. The standard InChI is InChI=1S/C12H12N2O3S/c1-8-10(18-7-13-8)5-6-14-9(12(16)17)3-2-4-11(14)15/h2-4,7H,5-6H2,1H3,(H,16,17). The maximum absolute atomic E-state index is 11.7. The molecule has 0 saturated heterocycles. The number of hydrogen-bond donors (Lipinski definition) is 1. The Morgan fingerprint density at radius 3 is 2.89 bits per heavy atom. The van der Waals surface area contributed by atoms with Gasteiger partial charge in [-0.2, -0.15) is 0 Å². The third-order valence-corrected chi connectivity index (χ3v) is 3.67. The fourth-order valence-corrected chi connectivity index (χ4v) is 2.49. The van der Waals surface area contributed by atoms with E-state index < -0.39 is 5.97 Å². The molecular weight excluding hydrogens is 252 g/mol. The summed E-state index contributed by atoms with van der Waals surface area (Å²) in [6.07, 6.45) is 0.612. The summed E-state index contributed by atoms with van der Waals surface area (Å²) in [5.74, 6) is -1.09. The second kappa shape index (κ2) is 5.14. The molecule has 2 heterocycles. The number of carbonyl (C=O) groups is 1. The third-order valence-electron chi connectivity index (χ3n) is 2.68. The summed E-state index contributed by atoms with van der Waals surface area (Å²) in [5, 5.41) is 9.03. The summed E-state index contributed by atoms with van der Waals surface area (Å²) in [6.45, 7) is 2.25. The first-order valence-electron chi connectivity index (χ1n) is 5.41. The fraction of sp³-hybridized carbons (Fsp3) is 0.250. The van der Waals surface area contributed by atoms with Crippen molar-refractivity contribution >= 4 is 17.3 Å². The van der Waals surface area contributed by atoms with Crippen molar-refractivity contribution in [1.82, 2.24) is 9.55 Å². The van der Waals surface area contributed by atoms with Gasteiger partial charge in [0, 0.05) is 23.9 Å². The number of carboxylic acids is 1. The number of aromatic carboxylic acids is 1. The first-order chi connectivity index (χ1) is 8.59. The topological polar surface area (TPSA) is 72.2 Å². The molecule has 0 aliphatic carbocycles. The quantitative estimate of drug-likeness (QED) is 0.909. The van der Waals surface area contributed by atoms with Crippen LogP contribution >= 0.6 is 11.3 Å². The van der Waals surface area contributed by atoms with Crippen LogP contribution in [-0.4, -0.2) is 20.6 Å². The lowest BCUT2D eigenvalue weighted by Crippen LogP contribution is -2.25. The van der Waals surface area contributed by atoms with Crippen LogP contribution in [0.15, 0.2) is 28.5 Å². The van der Waals surface area contributed by atoms with Crippen molar-refractivity contribution < 1.29 is 9.90 Å². The molecule has 5 nitrogen and oxygen atoms in total. The van der Waals surface area contributed by atoms with Crippen LogP contribution in [0.1, 0.15) is 21.1 Å². The molecule has 0 aliphatic heterocycles. The van der Waals surface area contributed by atoms with E-state index in [-0.39, 0.29) is 11.3 Å².